The van der Waals surface area contributed by atoms with Gasteiger partial charge in [-0.3, -0.25) is 4.79 Å². The van der Waals surface area contributed by atoms with Gasteiger partial charge in [0.05, 0.1) is 0 Å². The first-order valence-corrected chi connectivity index (χ1v) is 4.03. The number of thiol groups is 1. The molecule has 0 unspecified atom stereocenters. The quantitative estimate of drug-likeness (QED) is 0.409. The Morgan fingerprint density at radius 3 is 2.64 bits per heavy atom. The predicted molar refractivity (Wildman–Crippen MR) is 45.0 cm³/mol. The lowest BCUT2D eigenvalue weighted by Crippen LogP contribution is -2.38. The van der Waals surface area contributed by atoms with Crippen molar-refractivity contribution in [2.75, 3.05) is 18.9 Å². The number of carboxylic acid groups (broad SMARTS) is 1. The number of aliphatic hydroxyl groups is 1. The molecule has 66 valence electrons. The second kappa shape index (κ2) is 6.45. The topological polar surface area (TPSA) is 69.6 Å². The Morgan fingerprint density at radius 1 is 1.64 bits per heavy atom. The fraction of sp³-hybridized carbons (Fsp3) is 0.833. The van der Waals surface area contributed by atoms with E-state index in [4.69, 9.17) is 10.2 Å². The highest BCUT2D eigenvalue weighted by molar-refractivity contribution is 7.80. The fourth-order valence-corrected chi connectivity index (χ4v) is 0.810. The number of carbonyl (C=O) groups is 1. The van der Waals surface area contributed by atoms with Gasteiger partial charge in [-0.1, -0.05) is 0 Å². The van der Waals surface area contributed by atoms with Crippen molar-refractivity contribution in [3.05, 3.63) is 0 Å². The summed E-state index contributed by atoms with van der Waals surface area (Å²) < 4.78 is 0. The summed E-state index contributed by atoms with van der Waals surface area (Å²) in [5.74, 6) is -0.337. The summed E-state index contributed by atoms with van der Waals surface area (Å²) in [5, 5.41) is 19.7. The normalized spacial score (nSPS) is 12.9. The van der Waals surface area contributed by atoms with Crippen molar-refractivity contribution >= 4 is 18.6 Å². The van der Waals surface area contributed by atoms with Gasteiger partial charge in [-0.2, -0.15) is 12.6 Å². The molecule has 0 heterocycles. The SMILES string of the molecule is O=C(O)[C@H](CCO)NCCS. The summed E-state index contributed by atoms with van der Waals surface area (Å²) in [6.07, 6.45) is 0.239. The molecule has 0 radical (unpaired) electrons. The van der Waals surface area contributed by atoms with Crippen LogP contribution in [-0.4, -0.2) is 41.1 Å². The van der Waals surface area contributed by atoms with E-state index in [9.17, 15) is 4.79 Å². The molecule has 0 aliphatic heterocycles. The molecule has 3 N–H and O–H groups in total. The molecule has 0 aromatic heterocycles. The Bertz CT molecular complexity index is 120. The lowest BCUT2D eigenvalue weighted by Gasteiger charge is -2.11. The second-order valence-corrected chi connectivity index (χ2v) is 2.53. The number of aliphatic carboxylic acids is 1. The molecule has 11 heavy (non-hydrogen) atoms. The fourth-order valence-electron chi connectivity index (χ4n) is 0.681. The van der Waals surface area contributed by atoms with Crippen LogP contribution in [0.25, 0.3) is 0 Å². The van der Waals surface area contributed by atoms with E-state index >= 15 is 0 Å². The van der Waals surface area contributed by atoms with Gasteiger partial charge in [0.1, 0.15) is 6.04 Å². The van der Waals surface area contributed by atoms with Crippen molar-refractivity contribution in [3.8, 4) is 0 Å². The van der Waals surface area contributed by atoms with Gasteiger partial charge in [-0.05, 0) is 6.42 Å². The minimum Gasteiger partial charge on any atom is -0.480 e. The molecule has 5 heteroatoms. The Balaban J connectivity index is 3.60. The molecule has 0 aliphatic carbocycles. The minimum atomic E-state index is -0.930. The average molecular weight is 179 g/mol. The smallest absolute Gasteiger partial charge is 0.320 e. The first-order valence-electron chi connectivity index (χ1n) is 3.40. The van der Waals surface area contributed by atoms with E-state index in [1.165, 1.54) is 0 Å². The zero-order valence-corrected chi connectivity index (χ0v) is 7.05. The van der Waals surface area contributed by atoms with Crippen molar-refractivity contribution < 1.29 is 15.0 Å². The number of hydrogen-bond acceptors (Lipinski definition) is 4. The van der Waals surface area contributed by atoms with Gasteiger partial charge in [0.15, 0.2) is 0 Å². The molecule has 0 bridgehead atoms. The molecule has 0 rings (SSSR count). The van der Waals surface area contributed by atoms with E-state index in [0.717, 1.165) is 0 Å². The van der Waals surface area contributed by atoms with E-state index in [1.54, 1.807) is 0 Å². The molecule has 0 amide bonds. The molecule has 0 saturated carbocycles. The maximum absolute atomic E-state index is 10.4. The number of rotatable bonds is 6. The van der Waals surface area contributed by atoms with Gasteiger partial charge in [0, 0.05) is 18.9 Å². The van der Waals surface area contributed by atoms with Crippen LogP contribution in [-0.2, 0) is 4.79 Å². The molecule has 0 spiro atoms. The van der Waals surface area contributed by atoms with Crippen LogP contribution in [0.5, 0.6) is 0 Å². The summed E-state index contributed by atoms with van der Waals surface area (Å²) in [6.45, 7) is 0.427. The van der Waals surface area contributed by atoms with E-state index in [1.807, 2.05) is 0 Å². The zero-order valence-electron chi connectivity index (χ0n) is 6.16. The monoisotopic (exact) mass is 179 g/mol. The van der Waals surface area contributed by atoms with Crippen LogP contribution >= 0.6 is 12.6 Å². The van der Waals surface area contributed by atoms with Gasteiger partial charge in [-0.25, -0.2) is 0 Å². The lowest BCUT2D eigenvalue weighted by atomic mass is 10.2. The summed E-state index contributed by atoms with van der Waals surface area (Å²) >= 11 is 3.91. The Hall–Kier alpha value is -0.260. The molecule has 0 aromatic carbocycles. The van der Waals surface area contributed by atoms with Crippen molar-refractivity contribution in [1.29, 1.82) is 0 Å². The van der Waals surface area contributed by atoms with Crippen LogP contribution < -0.4 is 5.32 Å². The van der Waals surface area contributed by atoms with E-state index in [2.05, 4.69) is 17.9 Å². The summed E-state index contributed by atoms with van der Waals surface area (Å²) in [5.41, 5.74) is 0. The molecule has 0 aliphatic rings. The Labute approximate surface area is 71.0 Å². The first kappa shape index (κ1) is 10.7. The van der Waals surface area contributed by atoms with Crippen molar-refractivity contribution in [2.24, 2.45) is 0 Å². The third kappa shape index (κ3) is 5.06. The number of nitrogens with one attached hydrogen (secondary N) is 1. The van der Waals surface area contributed by atoms with Crippen LogP contribution in [0.3, 0.4) is 0 Å². The molecular weight excluding hydrogens is 166 g/mol. The van der Waals surface area contributed by atoms with Gasteiger partial charge in [0.2, 0.25) is 0 Å². The molecule has 4 nitrogen and oxygen atoms in total. The Kier molecular flexibility index (Phi) is 6.30. The average Bonchev–Trinajstić information content (AvgIpc) is 1.97. The van der Waals surface area contributed by atoms with E-state index in [-0.39, 0.29) is 13.0 Å². The second-order valence-electron chi connectivity index (χ2n) is 2.08. The first-order chi connectivity index (χ1) is 5.22. The van der Waals surface area contributed by atoms with Crippen LogP contribution in [0.2, 0.25) is 0 Å². The molecular formula is C6H13NO3S. The number of aliphatic hydroxyl groups excluding tert-OH is 1. The van der Waals surface area contributed by atoms with Gasteiger partial charge >= 0.3 is 5.97 Å². The third-order valence-electron chi connectivity index (χ3n) is 1.22. The number of hydrogen-bond donors (Lipinski definition) is 4. The highest BCUT2D eigenvalue weighted by atomic mass is 32.1. The Morgan fingerprint density at radius 2 is 2.27 bits per heavy atom. The van der Waals surface area contributed by atoms with Crippen LogP contribution in [0.15, 0.2) is 0 Å². The van der Waals surface area contributed by atoms with Crippen molar-refractivity contribution in [1.82, 2.24) is 5.32 Å². The summed E-state index contributed by atoms with van der Waals surface area (Å²) in [7, 11) is 0. The molecule has 0 aromatic rings. The molecule has 1 atom stereocenters. The molecule has 0 fully saturated rings. The maximum atomic E-state index is 10.4. The van der Waals surface area contributed by atoms with Crippen LogP contribution in [0, 0.1) is 0 Å². The zero-order chi connectivity index (χ0) is 8.69. The van der Waals surface area contributed by atoms with E-state index in [0.29, 0.717) is 12.3 Å². The summed E-state index contributed by atoms with van der Waals surface area (Å²) in [4.78, 5) is 10.4. The van der Waals surface area contributed by atoms with Crippen molar-refractivity contribution in [3.63, 3.8) is 0 Å². The van der Waals surface area contributed by atoms with E-state index < -0.39 is 12.0 Å². The standard InChI is InChI=1S/C6H13NO3S/c8-3-1-5(6(9)10)7-2-4-11/h5,7-8,11H,1-4H2,(H,9,10)/t5-/m0/s1. The molecule has 0 saturated heterocycles. The maximum Gasteiger partial charge on any atom is 0.320 e. The van der Waals surface area contributed by atoms with Gasteiger partial charge in [0.25, 0.3) is 0 Å². The number of carboxylic acids is 1. The van der Waals surface area contributed by atoms with Crippen LogP contribution in [0.1, 0.15) is 6.42 Å². The highest BCUT2D eigenvalue weighted by Crippen LogP contribution is 1.90. The minimum absolute atomic E-state index is 0.115. The predicted octanol–water partition coefficient (Wildman–Crippen LogP) is -0.659. The third-order valence-corrected chi connectivity index (χ3v) is 1.44. The van der Waals surface area contributed by atoms with Gasteiger partial charge < -0.3 is 15.5 Å². The summed E-state index contributed by atoms with van der Waals surface area (Å²) in [6, 6.07) is -0.646. The largest absolute Gasteiger partial charge is 0.480 e. The van der Waals surface area contributed by atoms with Crippen LogP contribution in [0.4, 0.5) is 0 Å². The highest BCUT2D eigenvalue weighted by Gasteiger charge is 2.14. The van der Waals surface area contributed by atoms with Gasteiger partial charge in [-0.15, -0.1) is 0 Å². The lowest BCUT2D eigenvalue weighted by molar-refractivity contribution is -0.139. The van der Waals surface area contributed by atoms with Crippen molar-refractivity contribution in [2.45, 2.75) is 12.5 Å².